The molecule has 1 aliphatic rings. The number of carbonyl (C=O) groups is 2. The lowest BCUT2D eigenvalue weighted by atomic mass is 9.96. The van der Waals surface area contributed by atoms with Crippen molar-refractivity contribution in [1.82, 2.24) is 19.4 Å². The standard InChI is InChI=1S/C32H38N4O6/c1-19(2)42-31(40)25(33-29(38)28-20(3)8-7-9-27(28)37)17-21-10-13-23(14-11-21)36-30(39)24-16-22(18-34(4)5)12-15-26(24)35(6)32(36)41/h9-16,19,25,37H,7-8,17-18H2,1-6H3,(H,33,38). The van der Waals surface area contributed by atoms with E-state index in [1.165, 1.54) is 4.57 Å². The fourth-order valence-electron chi connectivity index (χ4n) is 5.13. The van der Waals surface area contributed by atoms with Crippen molar-refractivity contribution in [2.24, 2.45) is 7.05 Å². The normalized spacial score (nSPS) is 14.3. The van der Waals surface area contributed by atoms with Gasteiger partial charge < -0.3 is 20.1 Å². The first-order valence-corrected chi connectivity index (χ1v) is 14.0. The van der Waals surface area contributed by atoms with E-state index in [2.05, 4.69) is 5.32 Å². The van der Waals surface area contributed by atoms with Crippen molar-refractivity contribution in [3.8, 4) is 5.69 Å². The van der Waals surface area contributed by atoms with Crippen LogP contribution in [0.2, 0.25) is 0 Å². The summed E-state index contributed by atoms with van der Waals surface area (Å²) in [5.74, 6) is -1.26. The van der Waals surface area contributed by atoms with Crippen LogP contribution in [0.1, 0.15) is 44.7 Å². The van der Waals surface area contributed by atoms with Crippen molar-refractivity contribution in [3.05, 3.63) is 97.4 Å². The van der Waals surface area contributed by atoms with Crippen LogP contribution in [0.3, 0.4) is 0 Å². The van der Waals surface area contributed by atoms with Gasteiger partial charge in [-0.2, -0.15) is 0 Å². The van der Waals surface area contributed by atoms with E-state index in [0.717, 1.165) is 15.7 Å². The van der Waals surface area contributed by atoms with Crippen LogP contribution in [0.15, 0.2) is 75.0 Å². The molecule has 10 nitrogen and oxygen atoms in total. The number of rotatable bonds is 9. The Morgan fingerprint density at radius 1 is 1.07 bits per heavy atom. The molecule has 2 N–H and O–H groups in total. The van der Waals surface area contributed by atoms with Gasteiger partial charge in [0, 0.05) is 20.0 Å². The van der Waals surface area contributed by atoms with Crippen LogP contribution in [-0.4, -0.2) is 57.3 Å². The van der Waals surface area contributed by atoms with E-state index < -0.39 is 35.3 Å². The summed E-state index contributed by atoms with van der Waals surface area (Å²) >= 11 is 0. The zero-order valence-electron chi connectivity index (χ0n) is 24.9. The van der Waals surface area contributed by atoms with Crippen molar-refractivity contribution in [2.45, 2.75) is 58.7 Å². The minimum absolute atomic E-state index is 0.104. The second-order valence-electron chi connectivity index (χ2n) is 11.2. The fourth-order valence-corrected chi connectivity index (χ4v) is 5.13. The van der Waals surface area contributed by atoms with Crippen LogP contribution < -0.4 is 16.6 Å². The van der Waals surface area contributed by atoms with Crippen LogP contribution >= 0.6 is 0 Å². The van der Waals surface area contributed by atoms with Gasteiger partial charge in [0.2, 0.25) is 0 Å². The van der Waals surface area contributed by atoms with E-state index in [4.69, 9.17) is 4.74 Å². The predicted octanol–water partition coefficient (Wildman–Crippen LogP) is 3.28. The minimum atomic E-state index is -1.02. The quantitative estimate of drug-likeness (QED) is 0.376. The van der Waals surface area contributed by atoms with Gasteiger partial charge in [-0.05, 0) is 89.2 Å². The molecular weight excluding hydrogens is 536 g/mol. The molecule has 0 spiro atoms. The molecule has 42 heavy (non-hydrogen) atoms. The zero-order chi connectivity index (χ0) is 30.7. The Labute approximate surface area is 244 Å². The zero-order valence-corrected chi connectivity index (χ0v) is 24.9. The summed E-state index contributed by atoms with van der Waals surface area (Å²) < 4.78 is 7.98. The number of carbonyl (C=O) groups excluding carboxylic acids is 2. The predicted molar refractivity (Wildman–Crippen MR) is 162 cm³/mol. The molecule has 222 valence electrons. The number of esters is 1. The Balaban J connectivity index is 1.65. The van der Waals surface area contributed by atoms with Gasteiger partial charge in [-0.15, -0.1) is 0 Å². The number of amides is 1. The van der Waals surface area contributed by atoms with E-state index in [-0.39, 0.29) is 17.8 Å². The Kier molecular flexibility index (Phi) is 9.16. The summed E-state index contributed by atoms with van der Waals surface area (Å²) in [4.78, 5) is 54.8. The molecule has 1 aromatic heterocycles. The van der Waals surface area contributed by atoms with Gasteiger partial charge in [0.15, 0.2) is 0 Å². The van der Waals surface area contributed by atoms with Gasteiger partial charge in [0.25, 0.3) is 11.5 Å². The summed E-state index contributed by atoms with van der Waals surface area (Å²) in [6.45, 7) is 5.87. The molecule has 3 aromatic rings. The minimum Gasteiger partial charge on any atom is -0.507 e. The number of nitrogens with zero attached hydrogens (tertiary/aromatic N) is 3. The number of aromatic nitrogens is 2. The molecule has 1 aliphatic carbocycles. The second kappa shape index (κ2) is 12.6. The first kappa shape index (κ1) is 30.5. The van der Waals surface area contributed by atoms with E-state index in [1.807, 2.05) is 31.1 Å². The maximum atomic E-state index is 13.5. The summed E-state index contributed by atoms with van der Waals surface area (Å²) in [7, 11) is 5.52. The number of nitrogens with one attached hydrogen (secondary N) is 1. The molecule has 1 heterocycles. The fraction of sp³-hybridized carbons (Fsp3) is 0.375. The lowest BCUT2D eigenvalue weighted by Gasteiger charge is -2.22. The van der Waals surface area contributed by atoms with Gasteiger partial charge in [-0.25, -0.2) is 14.2 Å². The van der Waals surface area contributed by atoms with Crippen molar-refractivity contribution >= 4 is 22.8 Å². The van der Waals surface area contributed by atoms with Crippen molar-refractivity contribution in [3.63, 3.8) is 0 Å². The monoisotopic (exact) mass is 574 g/mol. The van der Waals surface area contributed by atoms with Crippen LogP contribution in [0, 0.1) is 0 Å². The molecular formula is C32H38N4O6. The summed E-state index contributed by atoms with van der Waals surface area (Å²) in [6, 6.07) is 11.2. The molecule has 1 atom stereocenters. The van der Waals surface area contributed by atoms with Crippen molar-refractivity contribution in [1.29, 1.82) is 0 Å². The van der Waals surface area contributed by atoms with Gasteiger partial charge in [-0.1, -0.05) is 23.8 Å². The largest absolute Gasteiger partial charge is 0.507 e. The Bertz CT molecular complexity index is 1690. The van der Waals surface area contributed by atoms with Crippen LogP contribution in [0.5, 0.6) is 0 Å². The highest BCUT2D eigenvalue weighted by molar-refractivity contribution is 6.00. The molecule has 0 fully saturated rings. The van der Waals surface area contributed by atoms with Crippen molar-refractivity contribution < 1.29 is 19.4 Å². The first-order valence-electron chi connectivity index (χ1n) is 14.0. The van der Waals surface area contributed by atoms with Gasteiger partial charge in [0.05, 0.1) is 28.3 Å². The number of ether oxygens (including phenoxy) is 1. The number of hydrogen-bond acceptors (Lipinski definition) is 7. The summed E-state index contributed by atoms with van der Waals surface area (Å²) in [5, 5.41) is 13.5. The third-order valence-electron chi connectivity index (χ3n) is 7.18. The third-order valence-corrected chi connectivity index (χ3v) is 7.18. The molecule has 0 radical (unpaired) electrons. The molecule has 1 amide bonds. The van der Waals surface area contributed by atoms with Gasteiger partial charge in [0.1, 0.15) is 11.8 Å². The topological polar surface area (TPSA) is 123 Å². The molecule has 10 heteroatoms. The first-order chi connectivity index (χ1) is 19.9. The molecule has 1 unspecified atom stereocenters. The molecule has 0 aliphatic heterocycles. The van der Waals surface area contributed by atoms with Gasteiger partial charge in [-0.3, -0.25) is 14.2 Å². The lowest BCUT2D eigenvalue weighted by molar-refractivity contribution is -0.151. The molecule has 4 rings (SSSR count). The number of aliphatic hydroxyl groups excluding tert-OH is 1. The van der Waals surface area contributed by atoms with Crippen molar-refractivity contribution in [2.75, 3.05) is 14.1 Å². The number of allylic oxidation sites excluding steroid dienone is 2. The Morgan fingerprint density at radius 3 is 2.36 bits per heavy atom. The SMILES string of the molecule is CC1=C(C(=O)NC(Cc2ccc(-n3c(=O)c4cc(CN(C)C)ccc4n(C)c3=O)cc2)C(=O)OC(C)C)C(O)=CCC1. The number of benzene rings is 2. The Morgan fingerprint density at radius 2 is 1.74 bits per heavy atom. The van der Waals surface area contributed by atoms with Gasteiger partial charge >= 0.3 is 11.7 Å². The van der Waals surface area contributed by atoms with Crippen LogP contribution in [-0.2, 0) is 34.3 Å². The number of aliphatic hydroxyl groups is 1. The molecule has 0 saturated carbocycles. The lowest BCUT2D eigenvalue weighted by Crippen LogP contribution is -2.45. The highest BCUT2D eigenvalue weighted by Crippen LogP contribution is 2.24. The van der Waals surface area contributed by atoms with Crippen LogP contribution in [0.4, 0.5) is 0 Å². The van der Waals surface area contributed by atoms with E-state index in [1.54, 1.807) is 64.2 Å². The highest BCUT2D eigenvalue weighted by Gasteiger charge is 2.28. The maximum absolute atomic E-state index is 13.5. The average Bonchev–Trinajstić information content (AvgIpc) is 2.91. The van der Waals surface area contributed by atoms with E-state index in [0.29, 0.717) is 41.5 Å². The third kappa shape index (κ3) is 6.54. The highest BCUT2D eigenvalue weighted by atomic mass is 16.5. The van der Waals surface area contributed by atoms with Crippen LogP contribution in [0.25, 0.3) is 16.6 Å². The average molecular weight is 575 g/mol. The smallest absolute Gasteiger partial charge is 0.335 e. The second-order valence-corrected chi connectivity index (χ2v) is 11.2. The summed E-state index contributed by atoms with van der Waals surface area (Å²) in [6.07, 6.45) is 2.58. The number of aryl methyl sites for hydroxylation is 1. The molecule has 0 saturated heterocycles. The number of fused-ring (bicyclic) bond motifs is 1. The maximum Gasteiger partial charge on any atom is 0.335 e. The molecule has 2 aromatic carbocycles. The number of hydrogen-bond donors (Lipinski definition) is 2. The summed E-state index contributed by atoms with van der Waals surface area (Å²) in [5.41, 5.74) is 2.57. The van der Waals surface area contributed by atoms with E-state index in [9.17, 15) is 24.3 Å². The Hall–Kier alpha value is -4.44. The molecule has 0 bridgehead atoms. The van der Waals surface area contributed by atoms with E-state index >= 15 is 0 Å².